The van der Waals surface area contributed by atoms with Crippen LogP contribution in [-0.2, 0) is 23.0 Å². The van der Waals surface area contributed by atoms with Crippen molar-refractivity contribution in [2.24, 2.45) is 0 Å². The van der Waals surface area contributed by atoms with E-state index >= 15 is 0 Å². The number of fused-ring (bicyclic) bond motifs is 1. The van der Waals surface area contributed by atoms with Crippen LogP contribution in [0.4, 0.5) is 5.13 Å². The second-order valence-electron chi connectivity index (χ2n) is 9.56. The highest BCUT2D eigenvalue weighted by atomic mass is 32.2. The third-order valence-corrected chi connectivity index (χ3v) is 10.1. The van der Waals surface area contributed by atoms with Crippen molar-refractivity contribution in [3.8, 4) is 0 Å². The van der Waals surface area contributed by atoms with Crippen molar-refractivity contribution in [2.45, 2.75) is 63.4 Å². The SMILES string of the molecule is CCc1ccc2nc(N(Cc3ccccn3)C(=O)c3ccc(S(=O)(=O)N4CCCCC4CC)cc3)sc2c1. The number of aryl methyl sites for hydroxylation is 1. The molecule has 5 rings (SSSR count). The van der Waals surface area contributed by atoms with E-state index < -0.39 is 10.0 Å². The summed E-state index contributed by atoms with van der Waals surface area (Å²) in [5.74, 6) is -0.251. The number of hydrogen-bond acceptors (Lipinski definition) is 6. The van der Waals surface area contributed by atoms with E-state index in [0.717, 1.165) is 48.0 Å². The zero-order chi connectivity index (χ0) is 26.7. The van der Waals surface area contributed by atoms with E-state index in [1.807, 2.05) is 31.2 Å². The van der Waals surface area contributed by atoms with Gasteiger partial charge in [0.05, 0.1) is 27.4 Å². The van der Waals surface area contributed by atoms with Gasteiger partial charge in [-0.3, -0.25) is 14.7 Å². The van der Waals surface area contributed by atoms with E-state index in [0.29, 0.717) is 17.2 Å². The Kier molecular flexibility index (Phi) is 7.88. The van der Waals surface area contributed by atoms with Crippen LogP contribution in [-0.4, -0.2) is 41.2 Å². The molecule has 38 heavy (non-hydrogen) atoms. The molecule has 1 fully saturated rings. The van der Waals surface area contributed by atoms with Gasteiger partial charge in [-0.1, -0.05) is 43.7 Å². The van der Waals surface area contributed by atoms with E-state index in [1.54, 1.807) is 39.7 Å². The summed E-state index contributed by atoms with van der Waals surface area (Å²) in [7, 11) is -3.62. The second kappa shape index (κ2) is 11.3. The Balaban J connectivity index is 1.46. The number of sulfonamides is 1. The first-order valence-corrected chi connectivity index (χ1v) is 15.4. The van der Waals surface area contributed by atoms with Gasteiger partial charge in [0.2, 0.25) is 10.0 Å². The van der Waals surface area contributed by atoms with Gasteiger partial charge in [0.1, 0.15) is 0 Å². The van der Waals surface area contributed by atoms with Crippen LogP contribution in [0.1, 0.15) is 61.1 Å². The molecule has 1 aliphatic heterocycles. The lowest BCUT2D eigenvalue weighted by Crippen LogP contribution is -2.43. The molecule has 1 unspecified atom stereocenters. The van der Waals surface area contributed by atoms with Gasteiger partial charge in [-0.05, 0) is 79.8 Å². The van der Waals surface area contributed by atoms with Crippen LogP contribution in [0.15, 0.2) is 71.8 Å². The van der Waals surface area contributed by atoms with Gasteiger partial charge in [-0.25, -0.2) is 13.4 Å². The number of aromatic nitrogens is 2. The number of rotatable bonds is 8. The van der Waals surface area contributed by atoms with Gasteiger partial charge in [0, 0.05) is 24.3 Å². The summed E-state index contributed by atoms with van der Waals surface area (Å²) in [5.41, 5.74) is 3.20. The zero-order valence-electron chi connectivity index (χ0n) is 21.7. The lowest BCUT2D eigenvalue weighted by Gasteiger charge is -2.34. The molecule has 9 heteroatoms. The van der Waals surface area contributed by atoms with Gasteiger partial charge in [0.15, 0.2) is 5.13 Å². The molecule has 1 aliphatic rings. The van der Waals surface area contributed by atoms with Crippen molar-refractivity contribution in [3.63, 3.8) is 0 Å². The molecular weight excluding hydrogens is 516 g/mol. The summed E-state index contributed by atoms with van der Waals surface area (Å²) in [4.78, 5) is 24.8. The Morgan fingerprint density at radius 2 is 1.89 bits per heavy atom. The molecule has 1 atom stereocenters. The molecule has 0 saturated carbocycles. The first-order valence-electron chi connectivity index (χ1n) is 13.1. The van der Waals surface area contributed by atoms with Gasteiger partial charge in [0.25, 0.3) is 5.91 Å². The maximum absolute atomic E-state index is 13.8. The average Bonchev–Trinajstić information content (AvgIpc) is 3.39. The summed E-state index contributed by atoms with van der Waals surface area (Å²) in [6.07, 6.45) is 6.22. The fraction of sp³-hybridized carbons (Fsp3) is 0.345. The lowest BCUT2D eigenvalue weighted by molar-refractivity contribution is 0.0984. The van der Waals surface area contributed by atoms with Crippen molar-refractivity contribution in [1.29, 1.82) is 0 Å². The monoisotopic (exact) mass is 548 g/mol. The van der Waals surface area contributed by atoms with Crippen LogP contribution in [0.5, 0.6) is 0 Å². The Bertz CT molecular complexity index is 1520. The number of thiazole rings is 1. The van der Waals surface area contributed by atoms with Crippen LogP contribution in [0.2, 0.25) is 0 Å². The Morgan fingerprint density at radius 3 is 2.61 bits per heavy atom. The number of carbonyl (C=O) groups excluding carboxylic acids is 1. The predicted molar refractivity (Wildman–Crippen MR) is 152 cm³/mol. The van der Waals surface area contributed by atoms with Crippen molar-refractivity contribution in [1.82, 2.24) is 14.3 Å². The largest absolute Gasteiger partial charge is 0.278 e. The predicted octanol–water partition coefficient (Wildman–Crippen LogP) is 6.05. The molecule has 1 amide bonds. The summed E-state index contributed by atoms with van der Waals surface area (Å²) < 4.78 is 29.5. The molecule has 4 aromatic rings. The molecule has 3 heterocycles. The summed E-state index contributed by atoms with van der Waals surface area (Å²) in [6.45, 7) is 4.93. The average molecular weight is 549 g/mol. The van der Waals surface area contributed by atoms with Crippen LogP contribution in [0, 0.1) is 0 Å². The third-order valence-electron chi connectivity index (χ3n) is 7.12. The minimum Gasteiger partial charge on any atom is -0.278 e. The first kappa shape index (κ1) is 26.5. The molecule has 0 aliphatic carbocycles. The number of benzene rings is 2. The molecular formula is C29H32N4O3S2. The number of carbonyl (C=O) groups is 1. The number of amides is 1. The van der Waals surface area contributed by atoms with Gasteiger partial charge < -0.3 is 0 Å². The molecule has 0 bridgehead atoms. The molecule has 2 aromatic heterocycles. The van der Waals surface area contributed by atoms with E-state index in [4.69, 9.17) is 4.98 Å². The third kappa shape index (κ3) is 5.36. The summed E-state index contributed by atoms with van der Waals surface area (Å²) >= 11 is 1.47. The first-order chi connectivity index (χ1) is 18.4. The van der Waals surface area contributed by atoms with Crippen LogP contribution < -0.4 is 4.90 Å². The van der Waals surface area contributed by atoms with Crippen LogP contribution in [0.3, 0.4) is 0 Å². The minimum atomic E-state index is -3.62. The smallest absolute Gasteiger partial charge is 0.260 e. The van der Waals surface area contributed by atoms with Crippen LogP contribution >= 0.6 is 11.3 Å². The van der Waals surface area contributed by atoms with Gasteiger partial charge in [-0.2, -0.15) is 4.31 Å². The van der Waals surface area contributed by atoms with Crippen LogP contribution in [0.25, 0.3) is 10.2 Å². The Labute approximate surface area is 228 Å². The topological polar surface area (TPSA) is 83.5 Å². The molecule has 0 radical (unpaired) electrons. The number of pyridine rings is 1. The fourth-order valence-electron chi connectivity index (χ4n) is 4.93. The maximum Gasteiger partial charge on any atom is 0.260 e. The normalized spacial score (nSPS) is 16.5. The number of anilines is 1. The van der Waals surface area contributed by atoms with Crippen molar-refractivity contribution in [3.05, 3.63) is 83.7 Å². The van der Waals surface area contributed by atoms with Gasteiger partial charge in [-0.15, -0.1) is 0 Å². The van der Waals surface area contributed by atoms with E-state index in [9.17, 15) is 13.2 Å². The number of piperidine rings is 1. The number of nitrogens with zero attached hydrogens (tertiary/aromatic N) is 4. The van der Waals surface area contributed by atoms with Gasteiger partial charge >= 0.3 is 0 Å². The summed E-state index contributed by atoms with van der Waals surface area (Å²) in [6, 6.07) is 18.1. The molecule has 7 nitrogen and oxygen atoms in total. The van der Waals surface area contributed by atoms with Crippen molar-refractivity contribution < 1.29 is 13.2 Å². The lowest BCUT2D eigenvalue weighted by atomic mass is 10.0. The minimum absolute atomic E-state index is 0.0242. The van der Waals surface area contributed by atoms with Crippen molar-refractivity contribution in [2.75, 3.05) is 11.4 Å². The zero-order valence-corrected chi connectivity index (χ0v) is 23.3. The van der Waals surface area contributed by atoms with E-state index in [2.05, 4.69) is 24.0 Å². The number of hydrogen-bond donors (Lipinski definition) is 0. The van der Waals surface area contributed by atoms with E-state index in [-0.39, 0.29) is 23.4 Å². The quantitative estimate of drug-likeness (QED) is 0.268. The Hall–Kier alpha value is -3.14. The highest BCUT2D eigenvalue weighted by Crippen LogP contribution is 2.32. The van der Waals surface area contributed by atoms with Crippen molar-refractivity contribution >= 4 is 42.6 Å². The van der Waals surface area contributed by atoms with E-state index in [1.165, 1.54) is 16.9 Å². The molecule has 198 valence electrons. The standard InChI is InChI=1S/C29H32N4O3S2/c1-3-21-11-16-26-27(19-21)37-29(31-26)32(20-23-9-5-7-17-30-23)28(34)22-12-14-25(15-13-22)38(35,36)33-18-8-6-10-24(33)4-2/h5,7,9,11-17,19,24H,3-4,6,8,10,18,20H2,1-2H3. The molecule has 2 aromatic carbocycles. The maximum atomic E-state index is 13.8. The molecule has 0 N–H and O–H groups in total. The fourth-order valence-corrected chi connectivity index (χ4v) is 7.73. The molecule has 1 saturated heterocycles. The summed E-state index contributed by atoms with van der Waals surface area (Å²) in [5, 5.41) is 0.583. The highest BCUT2D eigenvalue weighted by molar-refractivity contribution is 7.89. The second-order valence-corrected chi connectivity index (χ2v) is 12.5. The highest BCUT2D eigenvalue weighted by Gasteiger charge is 2.32. The molecule has 0 spiro atoms. The Morgan fingerprint density at radius 1 is 1.08 bits per heavy atom.